The molecule has 6 heteroatoms. The van der Waals surface area contributed by atoms with Crippen molar-refractivity contribution < 1.29 is 23.8 Å². The molecular formula is C24H25IO5. The molecule has 0 spiro atoms. The van der Waals surface area contributed by atoms with Crippen molar-refractivity contribution in [3.05, 3.63) is 75.4 Å². The highest BCUT2D eigenvalue weighted by Crippen LogP contribution is 2.36. The second-order valence-corrected chi connectivity index (χ2v) is 8.40. The first kappa shape index (κ1) is 22.5. The largest absolute Gasteiger partial charge is 0.497 e. The minimum atomic E-state index is -1.05. The first-order valence-electron chi connectivity index (χ1n) is 9.86. The van der Waals surface area contributed by atoms with Gasteiger partial charge in [0.1, 0.15) is 17.5 Å². The number of halogens is 1. The Bertz CT molecular complexity index is 937. The summed E-state index contributed by atoms with van der Waals surface area (Å²) < 4.78 is 18.0. The number of benzene rings is 2. The van der Waals surface area contributed by atoms with Gasteiger partial charge in [0.25, 0.3) is 0 Å². The van der Waals surface area contributed by atoms with E-state index in [9.17, 15) is 9.59 Å². The third-order valence-corrected chi connectivity index (χ3v) is 6.54. The third-order valence-electron chi connectivity index (χ3n) is 5.60. The zero-order valence-corrected chi connectivity index (χ0v) is 19.4. The number of methoxy groups -OCH3 is 1. The van der Waals surface area contributed by atoms with Crippen molar-refractivity contribution in [2.45, 2.75) is 38.6 Å². The maximum absolute atomic E-state index is 12.9. The first-order valence-corrected chi connectivity index (χ1v) is 10.9. The lowest BCUT2D eigenvalue weighted by molar-refractivity contribution is -0.159. The summed E-state index contributed by atoms with van der Waals surface area (Å²) in [6.07, 6.45) is 3.06. The highest BCUT2D eigenvalue weighted by Gasteiger charge is 2.48. The lowest BCUT2D eigenvalue weighted by Gasteiger charge is -2.41. The van der Waals surface area contributed by atoms with Crippen LogP contribution in [0.1, 0.15) is 36.2 Å². The van der Waals surface area contributed by atoms with Crippen LogP contribution in [-0.4, -0.2) is 30.6 Å². The van der Waals surface area contributed by atoms with Gasteiger partial charge in [0.05, 0.1) is 19.3 Å². The van der Waals surface area contributed by atoms with E-state index >= 15 is 0 Å². The van der Waals surface area contributed by atoms with Crippen LogP contribution in [0.5, 0.6) is 5.75 Å². The van der Waals surface area contributed by atoms with Crippen LogP contribution in [0.25, 0.3) is 0 Å². The number of ether oxygens (including phenoxy) is 3. The van der Waals surface area contributed by atoms with Gasteiger partial charge in [0.15, 0.2) is 5.78 Å². The van der Waals surface area contributed by atoms with Crippen LogP contribution in [-0.2, 0) is 20.9 Å². The molecule has 2 aromatic carbocycles. The van der Waals surface area contributed by atoms with E-state index in [1.54, 1.807) is 25.3 Å². The van der Waals surface area contributed by atoms with Crippen molar-refractivity contribution in [1.82, 2.24) is 0 Å². The summed E-state index contributed by atoms with van der Waals surface area (Å²) in [5.41, 5.74) is 0.395. The van der Waals surface area contributed by atoms with Crippen molar-refractivity contribution in [3.63, 3.8) is 0 Å². The Kier molecular flexibility index (Phi) is 7.31. The number of hydrogen-bond acceptors (Lipinski definition) is 5. The fraction of sp³-hybridized carbons (Fsp3) is 0.333. The van der Waals surface area contributed by atoms with E-state index < -0.39 is 17.7 Å². The average molecular weight is 520 g/mol. The number of carbonyl (C=O) groups is 2. The molecule has 0 saturated carbocycles. The van der Waals surface area contributed by atoms with E-state index in [-0.39, 0.29) is 18.3 Å². The van der Waals surface area contributed by atoms with Gasteiger partial charge in [0, 0.05) is 9.49 Å². The van der Waals surface area contributed by atoms with E-state index in [4.69, 9.17) is 14.2 Å². The Morgan fingerprint density at radius 3 is 2.47 bits per heavy atom. The molecule has 0 unspecified atom stereocenters. The van der Waals surface area contributed by atoms with Crippen molar-refractivity contribution >= 4 is 34.3 Å². The number of esters is 1. The minimum Gasteiger partial charge on any atom is -0.497 e. The quantitative estimate of drug-likeness (QED) is 0.382. The van der Waals surface area contributed by atoms with E-state index in [2.05, 4.69) is 22.6 Å². The number of rotatable bonds is 7. The Balaban J connectivity index is 1.77. The van der Waals surface area contributed by atoms with Gasteiger partial charge in [-0.3, -0.25) is 4.79 Å². The molecule has 0 N–H and O–H groups in total. The van der Waals surface area contributed by atoms with Gasteiger partial charge in [-0.1, -0.05) is 38.1 Å². The normalized spacial score (nSPS) is 23.3. The van der Waals surface area contributed by atoms with Crippen molar-refractivity contribution in [2.24, 2.45) is 5.92 Å². The fourth-order valence-corrected chi connectivity index (χ4v) is 4.28. The fourth-order valence-electron chi connectivity index (χ4n) is 3.67. The van der Waals surface area contributed by atoms with Gasteiger partial charge >= 0.3 is 5.97 Å². The molecule has 1 aliphatic carbocycles. The molecule has 0 amide bonds. The molecular weight excluding hydrogens is 495 g/mol. The molecule has 2 aromatic rings. The van der Waals surface area contributed by atoms with E-state index in [1.165, 1.54) is 6.08 Å². The van der Waals surface area contributed by atoms with Gasteiger partial charge in [-0.2, -0.15) is 0 Å². The minimum absolute atomic E-state index is 0.104. The SMILES string of the molecule is CC[C@@]1(OCc2ccc(OC)cc2)C(=O)C=C[C@H](OC(=O)c2ccccc2I)[C@H]1C. The van der Waals surface area contributed by atoms with E-state index in [1.807, 2.05) is 50.2 Å². The molecule has 0 heterocycles. The lowest BCUT2D eigenvalue weighted by Crippen LogP contribution is -2.53. The van der Waals surface area contributed by atoms with Crippen LogP contribution < -0.4 is 4.74 Å². The predicted octanol–water partition coefficient (Wildman–Crippen LogP) is 4.97. The van der Waals surface area contributed by atoms with Crippen molar-refractivity contribution in [3.8, 4) is 5.75 Å². The molecule has 0 fully saturated rings. The summed E-state index contributed by atoms with van der Waals surface area (Å²) in [5, 5.41) is 0. The molecule has 0 aromatic heterocycles. The highest BCUT2D eigenvalue weighted by molar-refractivity contribution is 14.1. The molecule has 30 heavy (non-hydrogen) atoms. The molecule has 0 radical (unpaired) electrons. The summed E-state index contributed by atoms with van der Waals surface area (Å²) in [6.45, 7) is 4.09. The van der Waals surface area contributed by atoms with E-state index in [0.717, 1.165) is 14.9 Å². The maximum Gasteiger partial charge on any atom is 0.339 e. The number of carbonyl (C=O) groups excluding carboxylic acids is 2. The monoisotopic (exact) mass is 520 g/mol. The van der Waals surface area contributed by atoms with Crippen LogP contribution in [0.15, 0.2) is 60.7 Å². The van der Waals surface area contributed by atoms with Crippen LogP contribution in [0, 0.1) is 9.49 Å². The highest BCUT2D eigenvalue weighted by atomic mass is 127. The standard InChI is InChI=1S/C24H25IO5/c1-4-24(29-15-17-9-11-18(28-3)12-10-17)16(2)21(13-14-22(24)26)30-23(27)19-7-5-6-8-20(19)25/h5-14,16,21H,4,15H2,1-3H3/t16-,21+,24+/m1/s1. The Morgan fingerprint density at radius 1 is 1.13 bits per heavy atom. The molecule has 3 atom stereocenters. The second-order valence-electron chi connectivity index (χ2n) is 7.24. The van der Waals surface area contributed by atoms with Gasteiger partial charge in [-0.05, 0) is 71.0 Å². The van der Waals surface area contributed by atoms with Gasteiger partial charge in [-0.15, -0.1) is 0 Å². The second kappa shape index (κ2) is 9.75. The molecule has 0 bridgehead atoms. The van der Waals surface area contributed by atoms with Gasteiger partial charge in [-0.25, -0.2) is 4.79 Å². The van der Waals surface area contributed by atoms with Crippen LogP contribution in [0.3, 0.4) is 0 Å². The maximum atomic E-state index is 12.9. The topological polar surface area (TPSA) is 61.8 Å². The molecule has 0 aliphatic heterocycles. The van der Waals surface area contributed by atoms with Crippen molar-refractivity contribution in [2.75, 3.05) is 7.11 Å². The summed E-state index contributed by atoms with van der Waals surface area (Å²) in [7, 11) is 1.62. The first-order chi connectivity index (χ1) is 14.4. The third kappa shape index (κ3) is 4.59. The van der Waals surface area contributed by atoms with E-state index in [0.29, 0.717) is 12.0 Å². The molecule has 158 valence electrons. The summed E-state index contributed by atoms with van der Waals surface area (Å²) in [4.78, 5) is 25.6. The number of ketones is 1. The van der Waals surface area contributed by atoms with Crippen LogP contribution in [0.4, 0.5) is 0 Å². The molecule has 5 nitrogen and oxygen atoms in total. The molecule has 3 rings (SSSR count). The van der Waals surface area contributed by atoms with Crippen LogP contribution in [0.2, 0.25) is 0 Å². The zero-order chi connectivity index (χ0) is 21.7. The predicted molar refractivity (Wildman–Crippen MR) is 122 cm³/mol. The molecule has 1 aliphatic rings. The lowest BCUT2D eigenvalue weighted by atomic mass is 9.75. The van der Waals surface area contributed by atoms with Gasteiger partial charge < -0.3 is 14.2 Å². The summed E-state index contributed by atoms with van der Waals surface area (Å²) >= 11 is 2.11. The van der Waals surface area contributed by atoms with Gasteiger partial charge in [0.2, 0.25) is 0 Å². The molecule has 0 saturated heterocycles. The zero-order valence-electron chi connectivity index (χ0n) is 17.3. The van der Waals surface area contributed by atoms with Crippen molar-refractivity contribution in [1.29, 1.82) is 0 Å². The number of hydrogen-bond donors (Lipinski definition) is 0. The van der Waals surface area contributed by atoms with Crippen LogP contribution >= 0.6 is 22.6 Å². The summed E-state index contributed by atoms with van der Waals surface area (Å²) in [5.74, 6) is -0.0799. The Labute approximate surface area is 190 Å². The summed E-state index contributed by atoms with van der Waals surface area (Å²) in [6, 6.07) is 14.8. The Morgan fingerprint density at radius 2 is 1.83 bits per heavy atom. The Hall–Kier alpha value is -2.19. The average Bonchev–Trinajstić information content (AvgIpc) is 2.76. The smallest absolute Gasteiger partial charge is 0.339 e.